The third-order valence-corrected chi connectivity index (χ3v) is 3.85. The average Bonchev–Trinajstić information content (AvgIpc) is 2.35. The van der Waals surface area contributed by atoms with Crippen LogP contribution in [0.5, 0.6) is 0 Å². The fourth-order valence-corrected chi connectivity index (χ4v) is 2.79. The van der Waals surface area contributed by atoms with E-state index in [4.69, 9.17) is 10.5 Å². The highest BCUT2D eigenvalue weighted by Crippen LogP contribution is 2.16. The first kappa shape index (κ1) is 15.9. The molecule has 1 fully saturated rings. The molecule has 1 aliphatic rings. The first-order valence-corrected chi connectivity index (χ1v) is 7.62. The van der Waals surface area contributed by atoms with Gasteiger partial charge in [-0.3, -0.25) is 0 Å². The highest BCUT2D eigenvalue weighted by Gasteiger charge is 2.16. The molecule has 0 aromatic carbocycles. The molecule has 0 bridgehead atoms. The summed E-state index contributed by atoms with van der Waals surface area (Å²) < 4.78 is 5.78. The fraction of sp³-hybridized carbons (Fsp3) is 1.00. The minimum absolute atomic E-state index is 0.463. The number of rotatable bonds is 8. The SMILES string of the molecule is CC(C)C[C@H](CN)CCN(C)CC1CCCCO1. The highest BCUT2D eigenvalue weighted by atomic mass is 16.5. The molecule has 2 N–H and O–H groups in total. The van der Waals surface area contributed by atoms with Crippen molar-refractivity contribution < 1.29 is 4.74 Å². The minimum atomic E-state index is 0.463. The molecule has 1 rings (SSSR count). The van der Waals surface area contributed by atoms with Gasteiger partial charge in [0.1, 0.15) is 0 Å². The van der Waals surface area contributed by atoms with Crippen LogP contribution in [0.25, 0.3) is 0 Å². The van der Waals surface area contributed by atoms with Gasteiger partial charge in [-0.1, -0.05) is 13.8 Å². The lowest BCUT2D eigenvalue weighted by Gasteiger charge is -2.28. The molecule has 0 aromatic rings. The molecule has 2 atom stereocenters. The molecule has 1 heterocycles. The van der Waals surface area contributed by atoms with Gasteiger partial charge in [0.25, 0.3) is 0 Å². The topological polar surface area (TPSA) is 38.5 Å². The van der Waals surface area contributed by atoms with E-state index >= 15 is 0 Å². The Bertz CT molecular complexity index is 203. The van der Waals surface area contributed by atoms with Crippen LogP contribution in [0.3, 0.4) is 0 Å². The Morgan fingerprint density at radius 2 is 2.11 bits per heavy atom. The second kappa shape index (κ2) is 8.89. The van der Waals surface area contributed by atoms with Gasteiger partial charge in [0.05, 0.1) is 6.10 Å². The Morgan fingerprint density at radius 3 is 2.67 bits per heavy atom. The average molecular weight is 256 g/mol. The van der Waals surface area contributed by atoms with Crippen molar-refractivity contribution >= 4 is 0 Å². The summed E-state index contributed by atoms with van der Waals surface area (Å²) in [6.07, 6.45) is 6.74. The van der Waals surface area contributed by atoms with E-state index in [9.17, 15) is 0 Å². The molecule has 18 heavy (non-hydrogen) atoms. The molecule has 0 aliphatic carbocycles. The molecule has 1 unspecified atom stereocenters. The summed E-state index contributed by atoms with van der Waals surface area (Å²) in [5.74, 6) is 1.44. The summed E-state index contributed by atoms with van der Waals surface area (Å²) in [7, 11) is 2.21. The lowest BCUT2D eigenvalue weighted by Crippen LogP contribution is -2.35. The van der Waals surface area contributed by atoms with Crippen molar-refractivity contribution in [3.8, 4) is 0 Å². The van der Waals surface area contributed by atoms with E-state index in [-0.39, 0.29) is 0 Å². The quantitative estimate of drug-likeness (QED) is 0.725. The standard InChI is InChI=1S/C15H32N2O/c1-13(2)10-14(11-16)7-8-17(3)12-15-6-4-5-9-18-15/h13-15H,4-12,16H2,1-3H3/t14-,15?/m1/s1. The number of nitrogens with zero attached hydrogens (tertiary/aromatic N) is 1. The van der Waals surface area contributed by atoms with Gasteiger partial charge >= 0.3 is 0 Å². The first-order valence-electron chi connectivity index (χ1n) is 7.62. The molecule has 1 aliphatic heterocycles. The minimum Gasteiger partial charge on any atom is -0.377 e. The molecule has 0 radical (unpaired) electrons. The summed E-state index contributed by atoms with van der Waals surface area (Å²) in [5.41, 5.74) is 5.85. The summed E-state index contributed by atoms with van der Waals surface area (Å²) in [5, 5.41) is 0. The van der Waals surface area contributed by atoms with Crippen molar-refractivity contribution in [2.24, 2.45) is 17.6 Å². The van der Waals surface area contributed by atoms with Gasteiger partial charge in [-0.2, -0.15) is 0 Å². The van der Waals surface area contributed by atoms with Crippen LogP contribution in [0.2, 0.25) is 0 Å². The lowest BCUT2D eigenvalue weighted by molar-refractivity contribution is -0.00213. The number of hydrogen-bond acceptors (Lipinski definition) is 3. The van der Waals surface area contributed by atoms with Gasteiger partial charge in [0.15, 0.2) is 0 Å². The monoisotopic (exact) mass is 256 g/mol. The Kier molecular flexibility index (Phi) is 7.87. The predicted octanol–water partition coefficient (Wildman–Crippen LogP) is 2.50. The second-order valence-corrected chi connectivity index (χ2v) is 6.27. The molecule has 1 saturated heterocycles. The van der Waals surface area contributed by atoms with E-state index in [2.05, 4.69) is 25.8 Å². The zero-order chi connectivity index (χ0) is 13.4. The molecule has 0 amide bonds. The van der Waals surface area contributed by atoms with E-state index in [0.717, 1.165) is 32.2 Å². The molecule has 0 aromatic heterocycles. The van der Waals surface area contributed by atoms with Gasteiger partial charge in [0, 0.05) is 13.2 Å². The van der Waals surface area contributed by atoms with Crippen LogP contribution in [0.4, 0.5) is 0 Å². The number of nitrogens with two attached hydrogens (primary N) is 1. The second-order valence-electron chi connectivity index (χ2n) is 6.27. The van der Waals surface area contributed by atoms with Crippen molar-refractivity contribution in [3.63, 3.8) is 0 Å². The van der Waals surface area contributed by atoms with Crippen LogP contribution in [0, 0.1) is 11.8 Å². The van der Waals surface area contributed by atoms with Crippen LogP contribution < -0.4 is 5.73 Å². The molecule has 0 spiro atoms. The van der Waals surface area contributed by atoms with E-state index in [1.165, 1.54) is 32.1 Å². The van der Waals surface area contributed by atoms with Crippen LogP contribution >= 0.6 is 0 Å². The Labute approximate surface area is 113 Å². The molecular weight excluding hydrogens is 224 g/mol. The van der Waals surface area contributed by atoms with E-state index in [0.29, 0.717) is 12.0 Å². The van der Waals surface area contributed by atoms with Crippen LogP contribution in [0.1, 0.15) is 46.0 Å². The van der Waals surface area contributed by atoms with Crippen molar-refractivity contribution in [1.82, 2.24) is 4.90 Å². The summed E-state index contributed by atoms with van der Waals surface area (Å²) in [6, 6.07) is 0. The largest absolute Gasteiger partial charge is 0.377 e. The van der Waals surface area contributed by atoms with Gasteiger partial charge in [-0.15, -0.1) is 0 Å². The summed E-state index contributed by atoms with van der Waals surface area (Å²) >= 11 is 0. The Hall–Kier alpha value is -0.120. The zero-order valence-electron chi connectivity index (χ0n) is 12.5. The van der Waals surface area contributed by atoms with Crippen molar-refractivity contribution in [1.29, 1.82) is 0 Å². The summed E-state index contributed by atoms with van der Waals surface area (Å²) in [4.78, 5) is 2.42. The number of ether oxygens (including phenoxy) is 1. The molecule has 3 nitrogen and oxygen atoms in total. The van der Waals surface area contributed by atoms with Crippen molar-refractivity contribution in [3.05, 3.63) is 0 Å². The molecule has 0 saturated carbocycles. The summed E-state index contributed by atoms with van der Waals surface area (Å²) in [6.45, 7) is 8.57. The van der Waals surface area contributed by atoms with Crippen LogP contribution in [-0.2, 0) is 4.74 Å². The third-order valence-electron chi connectivity index (χ3n) is 3.85. The number of likely N-dealkylation sites (N-methyl/N-ethyl adjacent to an activating group) is 1. The Balaban J connectivity index is 2.16. The molecular formula is C15H32N2O. The van der Waals surface area contributed by atoms with Gasteiger partial charge in [-0.25, -0.2) is 0 Å². The van der Waals surface area contributed by atoms with Crippen molar-refractivity contribution in [2.75, 3.05) is 33.3 Å². The van der Waals surface area contributed by atoms with E-state index in [1.54, 1.807) is 0 Å². The zero-order valence-corrected chi connectivity index (χ0v) is 12.5. The normalized spacial score (nSPS) is 22.7. The number of hydrogen-bond donors (Lipinski definition) is 1. The van der Waals surface area contributed by atoms with Gasteiger partial charge in [-0.05, 0) is 64.1 Å². The Morgan fingerprint density at radius 1 is 1.33 bits per heavy atom. The van der Waals surface area contributed by atoms with E-state index < -0.39 is 0 Å². The highest BCUT2D eigenvalue weighted by molar-refractivity contribution is 4.70. The van der Waals surface area contributed by atoms with E-state index in [1.807, 2.05) is 0 Å². The van der Waals surface area contributed by atoms with Crippen LogP contribution in [0.15, 0.2) is 0 Å². The van der Waals surface area contributed by atoms with Gasteiger partial charge < -0.3 is 15.4 Å². The van der Waals surface area contributed by atoms with Gasteiger partial charge in [0.2, 0.25) is 0 Å². The van der Waals surface area contributed by atoms with Crippen LogP contribution in [-0.4, -0.2) is 44.3 Å². The maximum atomic E-state index is 5.85. The fourth-order valence-electron chi connectivity index (χ4n) is 2.79. The van der Waals surface area contributed by atoms with Crippen molar-refractivity contribution in [2.45, 2.75) is 52.1 Å². The first-order chi connectivity index (χ1) is 8.61. The molecule has 108 valence electrons. The third kappa shape index (κ3) is 6.72. The predicted molar refractivity (Wildman–Crippen MR) is 77.7 cm³/mol. The molecule has 3 heteroatoms. The maximum Gasteiger partial charge on any atom is 0.0701 e. The maximum absolute atomic E-state index is 5.85. The smallest absolute Gasteiger partial charge is 0.0701 e. The lowest BCUT2D eigenvalue weighted by atomic mass is 9.94.